The van der Waals surface area contributed by atoms with Gasteiger partial charge in [0.1, 0.15) is 0 Å². The van der Waals surface area contributed by atoms with E-state index in [1.165, 1.54) is 7.11 Å². The fraction of sp³-hybridized carbons (Fsp3) is 0.533. The third kappa shape index (κ3) is 4.40. The monoisotopic (exact) mass is 343 g/mol. The second-order valence-electron chi connectivity index (χ2n) is 5.00. The number of rotatable bonds is 7. The molecule has 0 aliphatic heterocycles. The van der Waals surface area contributed by atoms with E-state index in [9.17, 15) is 4.79 Å². The minimum Gasteiger partial charge on any atom is -0.493 e. The fourth-order valence-electron chi connectivity index (χ4n) is 2.06. The number of hydrogen-bond donors (Lipinski definition) is 1. The van der Waals surface area contributed by atoms with Crippen LogP contribution in [0, 0.1) is 5.92 Å². The van der Waals surface area contributed by atoms with E-state index in [0.717, 1.165) is 11.8 Å². The van der Waals surface area contributed by atoms with Gasteiger partial charge in [0, 0.05) is 11.4 Å². The van der Waals surface area contributed by atoms with Crippen LogP contribution >= 0.6 is 15.9 Å². The molecule has 0 aliphatic rings. The van der Waals surface area contributed by atoms with E-state index < -0.39 is 0 Å². The Morgan fingerprint density at radius 2 is 2.00 bits per heavy atom. The lowest BCUT2D eigenvalue weighted by molar-refractivity contribution is 0.0933. The molecule has 112 valence electrons. The number of ether oxygens (including phenoxy) is 2. The van der Waals surface area contributed by atoms with Gasteiger partial charge in [0.25, 0.3) is 5.91 Å². The predicted molar refractivity (Wildman–Crippen MR) is 84.0 cm³/mol. The van der Waals surface area contributed by atoms with E-state index in [1.54, 1.807) is 25.3 Å². The van der Waals surface area contributed by atoms with Crippen molar-refractivity contribution in [2.24, 2.45) is 5.92 Å². The van der Waals surface area contributed by atoms with Crippen LogP contribution in [0.4, 0.5) is 0 Å². The standard InChI is InChI=1S/C15H22BrNO3/c1-10(2)8-11(9-16)17-15(18)12-6-5-7-13(19-3)14(12)20-4/h5-7,10-11H,8-9H2,1-4H3,(H,17,18). The highest BCUT2D eigenvalue weighted by Gasteiger charge is 2.19. The number of carbonyl (C=O) groups excluding carboxylic acids is 1. The van der Waals surface area contributed by atoms with Crippen molar-refractivity contribution in [1.82, 2.24) is 5.32 Å². The molecule has 1 atom stereocenters. The van der Waals surface area contributed by atoms with Crippen molar-refractivity contribution in [3.8, 4) is 11.5 Å². The van der Waals surface area contributed by atoms with Gasteiger partial charge in [0.15, 0.2) is 11.5 Å². The van der Waals surface area contributed by atoms with Crippen LogP contribution < -0.4 is 14.8 Å². The molecule has 0 aliphatic carbocycles. The average Bonchev–Trinajstić information content (AvgIpc) is 2.44. The molecule has 0 aromatic heterocycles. The quantitative estimate of drug-likeness (QED) is 0.773. The number of benzene rings is 1. The Balaban J connectivity index is 2.91. The van der Waals surface area contributed by atoms with E-state index in [1.807, 2.05) is 0 Å². The SMILES string of the molecule is COc1cccc(C(=O)NC(CBr)CC(C)C)c1OC. The Morgan fingerprint density at radius 3 is 2.50 bits per heavy atom. The van der Waals surface area contributed by atoms with E-state index in [0.29, 0.717) is 23.0 Å². The van der Waals surface area contributed by atoms with Crippen molar-refractivity contribution in [2.75, 3.05) is 19.5 Å². The summed E-state index contributed by atoms with van der Waals surface area (Å²) in [7, 11) is 3.09. The lowest BCUT2D eigenvalue weighted by atomic mass is 10.0. The summed E-state index contributed by atoms with van der Waals surface area (Å²) in [5.41, 5.74) is 0.488. The molecule has 0 heterocycles. The van der Waals surface area contributed by atoms with Crippen molar-refractivity contribution in [3.05, 3.63) is 23.8 Å². The van der Waals surface area contributed by atoms with Crippen molar-refractivity contribution < 1.29 is 14.3 Å². The minimum absolute atomic E-state index is 0.0957. The van der Waals surface area contributed by atoms with Crippen LogP contribution in [0.2, 0.25) is 0 Å². The smallest absolute Gasteiger partial charge is 0.255 e. The molecule has 1 aromatic carbocycles. The first-order chi connectivity index (χ1) is 9.53. The molecule has 1 rings (SSSR count). The third-order valence-electron chi connectivity index (χ3n) is 2.92. The molecule has 4 nitrogen and oxygen atoms in total. The van der Waals surface area contributed by atoms with Crippen LogP contribution in [0.1, 0.15) is 30.6 Å². The van der Waals surface area contributed by atoms with Gasteiger partial charge in [-0.3, -0.25) is 4.79 Å². The van der Waals surface area contributed by atoms with Crippen LogP contribution in [0.3, 0.4) is 0 Å². The molecule has 20 heavy (non-hydrogen) atoms. The molecular formula is C15H22BrNO3. The molecule has 5 heteroatoms. The highest BCUT2D eigenvalue weighted by molar-refractivity contribution is 9.09. The lowest BCUT2D eigenvalue weighted by Crippen LogP contribution is -2.37. The van der Waals surface area contributed by atoms with Crippen molar-refractivity contribution in [2.45, 2.75) is 26.3 Å². The topological polar surface area (TPSA) is 47.6 Å². The third-order valence-corrected chi connectivity index (χ3v) is 3.71. The van der Waals surface area contributed by atoms with E-state index in [4.69, 9.17) is 9.47 Å². The number of hydrogen-bond acceptors (Lipinski definition) is 3. The zero-order valence-corrected chi connectivity index (χ0v) is 14.0. The van der Waals surface area contributed by atoms with Gasteiger partial charge >= 0.3 is 0 Å². The number of halogens is 1. The largest absolute Gasteiger partial charge is 0.493 e. The van der Waals surface area contributed by atoms with E-state index >= 15 is 0 Å². The first-order valence-electron chi connectivity index (χ1n) is 6.61. The number of alkyl halides is 1. The zero-order valence-electron chi connectivity index (χ0n) is 12.4. The predicted octanol–water partition coefficient (Wildman–Crippen LogP) is 3.24. The molecule has 1 N–H and O–H groups in total. The number of nitrogens with one attached hydrogen (secondary N) is 1. The molecule has 0 bridgehead atoms. The number of methoxy groups -OCH3 is 2. The van der Waals surface area contributed by atoms with Crippen LogP contribution in [-0.2, 0) is 0 Å². The Bertz CT molecular complexity index is 449. The molecular weight excluding hydrogens is 322 g/mol. The van der Waals surface area contributed by atoms with Crippen LogP contribution in [0.25, 0.3) is 0 Å². The highest BCUT2D eigenvalue weighted by Crippen LogP contribution is 2.30. The van der Waals surface area contributed by atoms with Crippen LogP contribution in [-0.4, -0.2) is 31.5 Å². The first kappa shape index (κ1) is 16.8. The molecule has 0 spiro atoms. The second-order valence-corrected chi connectivity index (χ2v) is 5.64. The van der Waals surface area contributed by atoms with Crippen LogP contribution in [0.15, 0.2) is 18.2 Å². The summed E-state index contributed by atoms with van der Waals surface area (Å²) in [5.74, 6) is 1.39. The molecule has 0 fully saturated rings. The van der Waals surface area contributed by atoms with Gasteiger partial charge in [-0.2, -0.15) is 0 Å². The normalized spacial score (nSPS) is 12.1. The van der Waals surface area contributed by atoms with Gasteiger partial charge in [-0.1, -0.05) is 35.8 Å². The van der Waals surface area contributed by atoms with Crippen LogP contribution in [0.5, 0.6) is 11.5 Å². The maximum atomic E-state index is 12.4. The second kappa shape index (κ2) is 8.15. The van der Waals surface area contributed by atoms with Gasteiger partial charge < -0.3 is 14.8 Å². The van der Waals surface area contributed by atoms with Gasteiger partial charge in [0.2, 0.25) is 0 Å². The summed E-state index contributed by atoms with van der Waals surface area (Å²) in [6.45, 7) is 4.27. The van der Waals surface area contributed by atoms with Crippen molar-refractivity contribution >= 4 is 21.8 Å². The molecule has 1 amide bonds. The number of para-hydroxylation sites is 1. The maximum absolute atomic E-state index is 12.4. The minimum atomic E-state index is -0.147. The maximum Gasteiger partial charge on any atom is 0.255 e. The summed E-state index contributed by atoms with van der Waals surface area (Å²) in [5, 5.41) is 3.74. The zero-order chi connectivity index (χ0) is 15.1. The average molecular weight is 344 g/mol. The Kier molecular flexibility index (Phi) is 6.85. The lowest BCUT2D eigenvalue weighted by Gasteiger charge is -2.19. The van der Waals surface area contributed by atoms with E-state index in [2.05, 4.69) is 35.1 Å². The Hall–Kier alpha value is -1.23. The summed E-state index contributed by atoms with van der Waals surface area (Å²) in [6.07, 6.45) is 0.920. The first-order valence-corrected chi connectivity index (χ1v) is 7.73. The number of amides is 1. The van der Waals surface area contributed by atoms with Gasteiger partial charge in [-0.15, -0.1) is 0 Å². The Morgan fingerprint density at radius 1 is 1.30 bits per heavy atom. The van der Waals surface area contributed by atoms with Gasteiger partial charge in [-0.05, 0) is 24.5 Å². The number of carbonyl (C=O) groups is 1. The molecule has 1 aromatic rings. The fourth-order valence-corrected chi connectivity index (χ4v) is 2.48. The molecule has 0 saturated carbocycles. The summed E-state index contributed by atoms with van der Waals surface area (Å²) in [4.78, 5) is 12.4. The van der Waals surface area contributed by atoms with Gasteiger partial charge in [0.05, 0.1) is 19.8 Å². The summed E-state index contributed by atoms with van der Waals surface area (Å²) >= 11 is 3.44. The van der Waals surface area contributed by atoms with Crippen molar-refractivity contribution in [1.29, 1.82) is 0 Å². The van der Waals surface area contributed by atoms with E-state index in [-0.39, 0.29) is 11.9 Å². The van der Waals surface area contributed by atoms with Gasteiger partial charge in [-0.25, -0.2) is 0 Å². The molecule has 0 saturated heterocycles. The summed E-state index contributed by atoms with van der Waals surface area (Å²) < 4.78 is 10.5. The Labute approximate surface area is 129 Å². The molecule has 0 radical (unpaired) electrons. The molecule has 1 unspecified atom stereocenters. The highest BCUT2D eigenvalue weighted by atomic mass is 79.9. The van der Waals surface area contributed by atoms with Crippen molar-refractivity contribution in [3.63, 3.8) is 0 Å². The summed E-state index contributed by atoms with van der Waals surface area (Å²) in [6, 6.07) is 5.38.